The van der Waals surface area contributed by atoms with Gasteiger partial charge in [-0.05, 0) is 30.9 Å². The number of likely N-dealkylation sites (tertiary alicyclic amines) is 1. The Balaban J connectivity index is 1.50. The van der Waals surface area contributed by atoms with Gasteiger partial charge in [-0.25, -0.2) is 9.18 Å². The molecule has 2 aliphatic heterocycles. The Labute approximate surface area is 188 Å². The number of hydrogen-bond donors (Lipinski definition) is 0. The Morgan fingerprint density at radius 2 is 1.66 bits per heavy atom. The summed E-state index contributed by atoms with van der Waals surface area (Å²) in [7, 11) is 1.56. The summed E-state index contributed by atoms with van der Waals surface area (Å²) in [4.78, 5) is 32.0. The summed E-state index contributed by atoms with van der Waals surface area (Å²) in [5, 5.41) is 0. The van der Waals surface area contributed by atoms with E-state index in [1.807, 2.05) is 36.4 Å². The van der Waals surface area contributed by atoms with E-state index in [1.165, 1.54) is 11.0 Å². The van der Waals surface area contributed by atoms with E-state index < -0.39 is 5.54 Å². The van der Waals surface area contributed by atoms with Crippen LogP contribution in [-0.4, -0.2) is 72.1 Å². The van der Waals surface area contributed by atoms with Crippen molar-refractivity contribution in [1.82, 2.24) is 14.7 Å². The summed E-state index contributed by atoms with van der Waals surface area (Å²) in [6.07, 6.45) is 1.78. The van der Waals surface area contributed by atoms with E-state index in [-0.39, 0.29) is 24.3 Å². The van der Waals surface area contributed by atoms with E-state index in [0.29, 0.717) is 57.6 Å². The zero-order valence-electron chi connectivity index (χ0n) is 18.5. The molecule has 32 heavy (non-hydrogen) atoms. The van der Waals surface area contributed by atoms with Crippen molar-refractivity contribution >= 4 is 11.9 Å². The van der Waals surface area contributed by atoms with Crippen LogP contribution in [0, 0.1) is 5.82 Å². The van der Waals surface area contributed by atoms with Gasteiger partial charge in [-0.1, -0.05) is 48.5 Å². The van der Waals surface area contributed by atoms with Gasteiger partial charge in [-0.15, -0.1) is 0 Å². The van der Waals surface area contributed by atoms with Crippen molar-refractivity contribution < 1.29 is 18.7 Å². The van der Waals surface area contributed by atoms with Gasteiger partial charge in [-0.2, -0.15) is 0 Å². The highest BCUT2D eigenvalue weighted by Gasteiger charge is 2.57. The average Bonchev–Trinajstić information content (AvgIpc) is 3.00. The Hall–Kier alpha value is -2.77. The standard InChI is InChI=1S/C25H30FN3O3/c1-32-18-17-28-23(30)25(29(24(28)31)14-11-20-7-3-2-4-8-20)12-15-27(16-13-25)19-21-9-5-6-10-22(21)26/h2-10H,11-19H2,1H3. The van der Waals surface area contributed by atoms with Gasteiger partial charge < -0.3 is 9.64 Å². The highest BCUT2D eigenvalue weighted by Crippen LogP contribution is 2.37. The molecule has 0 N–H and O–H groups in total. The van der Waals surface area contributed by atoms with E-state index in [1.54, 1.807) is 24.1 Å². The summed E-state index contributed by atoms with van der Waals surface area (Å²) < 4.78 is 19.2. The van der Waals surface area contributed by atoms with Gasteiger partial charge in [0.1, 0.15) is 11.4 Å². The maximum absolute atomic E-state index is 14.1. The molecule has 0 atom stereocenters. The SMILES string of the molecule is COCCN1C(=O)N(CCc2ccccc2)C2(CCN(Cc3ccccc3F)CC2)C1=O. The maximum Gasteiger partial charge on any atom is 0.327 e. The third-order valence-corrected chi connectivity index (χ3v) is 6.64. The smallest absolute Gasteiger partial charge is 0.327 e. The fraction of sp³-hybridized carbons (Fsp3) is 0.440. The second-order valence-electron chi connectivity index (χ2n) is 8.52. The largest absolute Gasteiger partial charge is 0.383 e. The van der Waals surface area contributed by atoms with Crippen LogP contribution in [0.4, 0.5) is 9.18 Å². The monoisotopic (exact) mass is 439 g/mol. The number of carbonyl (C=O) groups is 2. The van der Waals surface area contributed by atoms with E-state index in [4.69, 9.17) is 4.74 Å². The van der Waals surface area contributed by atoms with Crippen LogP contribution in [0.15, 0.2) is 54.6 Å². The molecular formula is C25H30FN3O3. The topological polar surface area (TPSA) is 53.1 Å². The van der Waals surface area contributed by atoms with Crippen molar-refractivity contribution in [2.45, 2.75) is 31.3 Å². The molecule has 4 rings (SSSR count). The van der Waals surface area contributed by atoms with Crippen LogP contribution in [-0.2, 0) is 22.5 Å². The van der Waals surface area contributed by atoms with Crippen LogP contribution in [0.1, 0.15) is 24.0 Å². The quantitative estimate of drug-likeness (QED) is 0.593. The summed E-state index contributed by atoms with van der Waals surface area (Å²) in [5.41, 5.74) is 0.959. The van der Waals surface area contributed by atoms with Gasteiger partial charge in [0, 0.05) is 38.9 Å². The summed E-state index contributed by atoms with van der Waals surface area (Å²) >= 11 is 0. The summed E-state index contributed by atoms with van der Waals surface area (Å²) in [6, 6.07) is 16.6. The lowest BCUT2D eigenvalue weighted by atomic mass is 9.85. The van der Waals surface area contributed by atoms with Gasteiger partial charge in [0.15, 0.2) is 0 Å². The van der Waals surface area contributed by atoms with Crippen molar-refractivity contribution in [3.05, 3.63) is 71.5 Å². The van der Waals surface area contributed by atoms with E-state index in [0.717, 1.165) is 5.56 Å². The lowest BCUT2D eigenvalue weighted by molar-refractivity contribution is -0.136. The van der Waals surface area contributed by atoms with Crippen molar-refractivity contribution in [2.75, 3.05) is 39.9 Å². The van der Waals surface area contributed by atoms with Crippen LogP contribution in [0.25, 0.3) is 0 Å². The number of piperidine rings is 1. The minimum atomic E-state index is -0.828. The molecule has 2 saturated heterocycles. The zero-order valence-corrected chi connectivity index (χ0v) is 18.5. The Morgan fingerprint density at radius 3 is 2.34 bits per heavy atom. The molecule has 0 aliphatic carbocycles. The number of imide groups is 1. The molecule has 0 bridgehead atoms. The fourth-order valence-electron chi connectivity index (χ4n) is 4.79. The number of ether oxygens (including phenoxy) is 1. The highest BCUT2D eigenvalue weighted by atomic mass is 19.1. The number of urea groups is 1. The first kappa shape index (κ1) is 22.4. The van der Waals surface area contributed by atoms with Crippen LogP contribution in [0.2, 0.25) is 0 Å². The highest BCUT2D eigenvalue weighted by molar-refractivity contribution is 6.07. The van der Waals surface area contributed by atoms with Crippen LogP contribution in [0.3, 0.4) is 0 Å². The van der Waals surface area contributed by atoms with Crippen molar-refractivity contribution in [3.63, 3.8) is 0 Å². The first-order valence-electron chi connectivity index (χ1n) is 11.2. The van der Waals surface area contributed by atoms with Gasteiger partial charge in [-0.3, -0.25) is 14.6 Å². The molecular weight excluding hydrogens is 409 g/mol. The van der Waals surface area contributed by atoms with Gasteiger partial charge in [0.25, 0.3) is 5.91 Å². The normalized spacial score (nSPS) is 18.7. The molecule has 0 radical (unpaired) electrons. The number of rotatable bonds is 8. The molecule has 0 unspecified atom stereocenters. The number of halogens is 1. The van der Waals surface area contributed by atoms with E-state index in [9.17, 15) is 14.0 Å². The van der Waals surface area contributed by atoms with Crippen LogP contribution >= 0.6 is 0 Å². The first-order valence-corrected chi connectivity index (χ1v) is 11.2. The molecule has 6 nitrogen and oxygen atoms in total. The van der Waals surface area contributed by atoms with Crippen molar-refractivity contribution in [2.24, 2.45) is 0 Å². The second kappa shape index (κ2) is 9.79. The van der Waals surface area contributed by atoms with Crippen LogP contribution in [0.5, 0.6) is 0 Å². The predicted octanol–water partition coefficient (Wildman–Crippen LogP) is 3.31. The van der Waals surface area contributed by atoms with Crippen molar-refractivity contribution in [1.29, 1.82) is 0 Å². The van der Waals surface area contributed by atoms with E-state index in [2.05, 4.69) is 4.90 Å². The fourth-order valence-corrected chi connectivity index (χ4v) is 4.79. The third-order valence-electron chi connectivity index (χ3n) is 6.64. The molecule has 3 amide bonds. The second-order valence-corrected chi connectivity index (χ2v) is 8.52. The number of amides is 3. The summed E-state index contributed by atoms with van der Waals surface area (Å²) in [6.45, 7) is 2.84. The molecule has 2 aliphatic rings. The molecule has 2 aromatic carbocycles. The van der Waals surface area contributed by atoms with Gasteiger partial charge in [0.2, 0.25) is 0 Å². The van der Waals surface area contributed by atoms with Gasteiger partial charge in [0.05, 0.1) is 13.2 Å². The number of methoxy groups -OCH3 is 1. The number of nitrogens with zero attached hydrogens (tertiary/aromatic N) is 3. The average molecular weight is 440 g/mol. The molecule has 7 heteroatoms. The third kappa shape index (κ3) is 4.40. The van der Waals surface area contributed by atoms with Crippen molar-refractivity contribution in [3.8, 4) is 0 Å². The molecule has 1 spiro atoms. The predicted molar refractivity (Wildman–Crippen MR) is 119 cm³/mol. The summed E-state index contributed by atoms with van der Waals surface area (Å²) in [5.74, 6) is -0.340. The van der Waals surface area contributed by atoms with E-state index >= 15 is 0 Å². The maximum atomic E-state index is 14.1. The molecule has 0 aromatic heterocycles. The molecule has 170 valence electrons. The Kier molecular flexibility index (Phi) is 6.86. The Bertz CT molecular complexity index is 944. The molecule has 2 heterocycles. The van der Waals surface area contributed by atoms with Crippen LogP contribution < -0.4 is 0 Å². The number of hydrogen-bond acceptors (Lipinski definition) is 4. The Morgan fingerprint density at radius 1 is 0.969 bits per heavy atom. The number of benzene rings is 2. The lowest BCUT2D eigenvalue weighted by Crippen LogP contribution is -2.56. The minimum Gasteiger partial charge on any atom is -0.383 e. The molecule has 0 saturated carbocycles. The lowest BCUT2D eigenvalue weighted by Gasteiger charge is -2.42. The molecule has 2 fully saturated rings. The number of carbonyl (C=O) groups excluding carboxylic acids is 2. The first-order chi connectivity index (χ1) is 15.5. The minimum absolute atomic E-state index is 0.127. The zero-order chi connectivity index (χ0) is 22.6. The molecule has 2 aromatic rings. The van der Waals surface area contributed by atoms with Gasteiger partial charge >= 0.3 is 6.03 Å².